The van der Waals surface area contributed by atoms with Gasteiger partial charge in [-0.15, -0.1) is 0 Å². The highest BCUT2D eigenvalue weighted by atomic mass is 32.2. The molecule has 1 heterocycles. The van der Waals surface area contributed by atoms with Crippen LogP contribution >= 0.6 is 11.8 Å². The summed E-state index contributed by atoms with van der Waals surface area (Å²) < 4.78 is 0. The number of thioether (sulfide) groups is 1. The van der Waals surface area contributed by atoms with Crippen molar-refractivity contribution in [1.82, 2.24) is 10.2 Å². The van der Waals surface area contributed by atoms with Gasteiger partial charge in [0.15, 0.2) is 0 Å². The van der Waals surface area contributed by atoms with Crippen LogP contribution in [0.25, 0.3) is 0 Å². The second-order valence-electron chi connectivity index (χ2n) is 6.07. The normalized spacial score (nSPS) is 21.0. The average molecular weight is 318 g/mol. The fraction of sp³-hybridized carbons (Fsp3) is 0.529. The number of amides is 2. The number of hydrogen-bond donors (Lipinski definition) is 1. The first-order valence-electron chi connectivity index (χ1n) is 7.88. The van der Waals surface area contributed by atoms with Gasteiger partial charge in [-0.05, 0) is 49.6 Å². The summed E-state index contributed by atoms with van der Waals surface area (Å²) in [6, 6.07) is 7.80. The first-order valence-corrected chi connectivity index (χ1v) is 9.27. The Morgan fingerprint density at radius 2 is 1.95 bits per heavy atom. The van der Waals surface area contributed by atoms with E-state index in [4.69, 9.17) is 0 Å². The van der Waals surface area contributed by atoms with E-state index >= 15 is 0 Å². The molecule has 1 unspecified atom stereocenters. The van der Waals surface area contributed by atoms with Gasteiger partial charge in [0.25, 0.3) is 5.91 Å². The molecule has 0 spiro atoms. The molecule has 1 aromatic rings. The van der Waals surface area contributed by atoms with Gasteiger partial charge < -0.3 is 10.2 Å². The summed E-state index contributed by atoms with van der Waals surface area (Å²) in [6.07, 6.45) is 5.88. The van der Waals surface area contributed by atoms with Gasteiger partial charge in [-0.2, -0.15) is 11.8 Å². The molecule has 1 aliphatic heterocycles. The number of benzene rings is 1. The van der Waals surface area contributed by atoms with Crippen LogP contribution in [0.5, 0.6) is 0 Å². The zero-order valence-corrected chi connectivity index (χ0v) is 13.7. The first kappa shape index (κ1) is 15.4. The molecule has 2 aliphatic rings. The number of nitrogens with zero attached hydrogens (tertiary/aromatic N) is 1. The van der Waals surface area contributed by atoms with Crippen LogP contribution < -0.4 is 5.32 Å². The van der Waals surface area contributed by atoms with E-state index in [0.29, 0.717) is 18.2 Å². The van der Waals surface area contributed by atoms with Crippen molar-refractivity contribution in [2.75, 3.05) is 12.8 Å². The van der Waals surface area contributed by atoms with Crippen LogP contribution in [0.4, 0.5) is 0 Å². The molecule has 1 N–H and O–H groups in total. The minimum atomic E-state index is -0.293. The van der Waals surface area contributed by atoms with Gasteiger partial charge in [0.2, 0.25) is 5.91 Å². The number of likely N-dealkylation sites (tertiary alicyclic amines) is 1. The highest BCUT2D eigenvalue weighted by Crippen LogP contribution is 2.24. The van der Waals surface area contributed by atoms with Crippen molar-refractivity contribution in [3.63, 3.8) is 0 Å². The van der Waals surface area contributed by atoms with E-state index in [2.05, 4.69) is 11.6 Å². The minimum Gasteiger partial charge on any atom is -0.352 e. The highest BCUT2D eigenvalue weighted by Gasteiger charge is 2.36. The van der Waals surface area contributed by atoms with Gasteiger partial charge >= 0.3 is 0 Å². The molecule has 118 valence electrons. The Morgan fingerprint density at radius 1 is 1.23 bits per heavy atom. The molecule has 5 heteroatoms. The number of hydrogen-bond acceptors (Lipinski definition) is 3. The van der Waals surface area contributed by atoms with E-state index in [1.54, 1.807) is 16.7 Å². The van der Waals surface area contributed by atoms with Crippen LogP contribution in [-0.2, 0) is 10.5 Å². The van der Waals surface area contributed by atoms with E-state index in [0.717, 1.165) is 31.4 Å². The molecule has 2 fully saturated rings. The monoisotopic (exact) mass is 318 g/mol. The van der Waals surface area contributed by atoms with Gasteiger partial charge in [0.1, 0.15) is 6.04 Å². The van der Waals surface area contributed by atoms with Gasteiger partial charge in [0.05, 0.1) is 0 Å². The maximum absolute atomic E-state index is 12.7. The molecule has 1 saturated heterocycles. The molecule has 2 amide bonds. The quantitative estimate of drug-likeness (QED) is 0.907. The van der Waals surface area contributed by atoms with Crippen molar-refractivity contribution < 1.29 is 9.59 Å². The Balaban J connectivity index is 1.68. The van der Waals surface area contributed by atoms with Crippen LogP contribution in [0.2, 0.25) is 0 Å². The van der Waals surface area contributed by atoms with Crippen molar-refractivity contribution in [2.45, 2.75) is 43.5 Å². The van der Waals surface area contributed by atoms with Gasteiger partial charge in [-0.1, -0.05) is 12.1 Å². The lowest BCUT2D eigenvalue weighted by atomic mass is 10.1. The van der Waals surface area contributed by atoms with Crippen molar-refractivity contribution in [3.8, 4) is 0 Å². The van der Waals surface area contributed by atoms with Crippen molar-refractivity contribution in [2.24, 2.45) is 0 Å². The van der Waals surface area contributed by atoms with E-state index in [1.165, 1.54) is 5.56 Å². The van der Waals surface area contributed by atoms with Crippen LogP contribution in [-0.4, -0.2) is 41.6 Å². The summed E-state index contributed by atoms with van der Waals surface area (Å²) in [6.45, 7) is 0.675. The first-order chi connectivity index (χ1) is 10.7. The minimum absolute atomic E-state index is 0.0207. The zero-order chi connectivity index (χ0) is 15.5. The summed E-state index contributed by atoms with van der Waals surface area (Å²) in [5.74, 6) is 0.946. The third-order valence-electron chi connectivity index (χ3n) is 4.25. The molecule has 4 nitrogen and oxygen atoms in total. The lowest BCUT2D eigenvalue weighted by Crippen LogP contribution is -2.46. The molecular formula is C17H22N2O2S. The Morgan fingerprint density at radius 3 is 2.59 bits per heavy atom. The fourth-order valence-electron chi connectivity index (χ4n) is 2.88. The molecule has 3 rings (SSSR count). The highest BCUT2D eigenvalue weighted by molar-refractivity contribution is 7.97. The predicted molar refractivity (Wildman–Crippen MR) is 88.9 cm³/mol. The Kier molecular flexibility index (Phi) is 4.71. The topological polar surface area (TPSA) is 49.4 Å². The zero-order valence-electron chi connectivity index (χ0n) is 12.9. The van der Waals surface area contributed by atoms with E-state index < -0.39 is 0 Å². The average Bonchev–Trinajstić information content (AvgIpc) is 3.19. The standard InChI is InChI=1S/C17H22N2O2S/c1-22-11-12-4-6-13(7-5-12)17(21)19-10-2-3-15(19)16(20)18-14-8-9-14/h4-7,14-15H,2-3,8-11H2,1H3,(H,18,20). The van der Waals surface area contributed by atoms with Crippen molar-refractivity contribution in [1.29, 1.82) is 0 Å². The van der Waals surface area contributed by atoms with Gasteiger partial charge in [-0.3, -0.25) is 9.59 Å². The largest absolute Gasteiger partial charge is 0.352 e. The maximum Gasteiger partial charge on any atom is 0.254 e. The number of rotatable bonds is 5. The van der Waals surface area contributed by atoms with E-state index in [-0.39, 0.29) is 17.9 Å². The molecule has 0 aromatic heterocycles. The molecular weight excluding hydrogens is 296 g/mol. The van der Waals surface area contributed by atoms with Crippen LogP contribution in [0.1, 0.15) is 41.6 Å². The molecule has 1 atom stereocenters. The number of carbonyl (C=O) groups excluding carboxylic acids is 2. The van der Waals surface area contributed by atoms with Gasteiger partial charge in [0, 0.05) is 23.9 Å². The molecule has 1 aliphatic carbocycles. The van der Waals surface area contributed by atoms with Gasteiger partial charge in [-0.25, -0.2) is 0 Å². The SMILES string of the molecule is CSCc1ccc(C(=O)N2CCCC2C(=O)NC2CC2)cc1. The molecule has 1 aromatic carbocycles. The number of carbonyl (C=O) groups is 2. The molecule has 22 heavy (non-hydrogen) atoms. The Hall–Kier alpha value is -1.49. The lowest BCUT2D eigenvalue weighted by Gasteiger charge is -2.24. The van der Waals surface area contributed by atoms with E-state index in [9.17, 15) is 9.59 Å². The summed E-state index contributed by atoms with van der Waals surface area (Å²) in [5, 5.41) is 3.02. The summed E-state index contributed by atoms with van der Waals surface area (Å²) in [7, 11) is 0. The van der Waals surface area contributed by atoms with Crippen molar-refractivity contribution in [3.05, 3.63) is 35.4 Å². The summed E-state index contributed by atoms with van der Waals surface area (Å²) in [4.78, 5) is 26.7. The van der Waals surface area contributed by atoms with Crippen LogP contribution in [0.3, 0.4) is 0 Å². The van der Waals surface area contributed by atoms with Crippen LogP contribution in [0, 0.1) is 0 Å². The summed E-state index contributed by atoms with van der Waals surface area (Å²) in [5.41, 5.74) is 1.89. The Bertz CT molecular complexity index is 554. The predicted octanol–water partition coefficient (Wildman–Crippen LogP) is 2.43. The molecule has 0 radical (unpaired) electrons. The third kappa shape index (κ3) is 3.46. The lowest BCUT2D eigenvalue weighted by molar-refractivity contribution is -0.125. The second kappa shape index (κ2) is 6.73. The number of nitrogens with one attached hydrogen (secondary N) is 1. The van der Waals surface area contributed by atoms with Crippen molar-refractivity contribution >= 4 is 23.6 Å². The maximum atomic E-state index is 12.7. The Labute approximate surface area is 135 Å². The molecule has 1 saturated carbocycles. The third-order valence-corrected chi connectivity index (χ3v) is 4.87. The van der Waals surface area contributed by atoms with Crippen LogP contribution in [0.15, 0.2) is 24.3 Å². The van der Waals surface area contributed by atoms with E-state index in [1.807, 2.05) is 24.3 Å². The summed E-state index contributed by atoms with van der Waals surface area (Å²) >= 11 is 1.76. The molecule has 0 bridgehead atoms. The second-order valence-corrected chi connectivity index (χ2v) is 6.94. The smallest absolute Gasteiger partial charge is 0.254 e. The fourth-order valence-corrected chi connectivity index (χ4v) is 3.41.